The zero-order valence-electron chi connectivity index (χ0n) is 10.4. The Bertz CT molecular complexity index is 660. The van der Waals surface area contributed by atoms with Crippen molar-refractivity contribution in [3.8, 4) is 5.75 Å². The number of halogens is 2. The Morgan fingerprint density at radius 2 is 1.95 bits per heavy atom. The number of benzene rings is 2. The van der Waals surface area contributed by atoms with Crippen LogP contribution in [0.25, 0.3) is 0 Å². The summed E-state index contributed by atoms with van der Waals surface area (Å²) in [5.41, 5.74) is 12.4. The van der Waals surface area contributed by atoms with E-state index in [4.69, 9.17) is 39.4 Å². The summed E-state index contributed by atoms with van der Waals surface area (Å²) < 4.78 is 5.58. The van der Waals surface area contributed by atoms with Crippen molar-refractivity contribution in [2.45, 2.75) is 6.61 Å². The van der Waals surface area contributed by atoms with Gasteiger partial charge in [-0.1, -0.05) is 35.3 Å². The maximum absolute atomic E-state index is 11.3. The highest BCUT2D eigenvalue weighted by atomic mass is 35.5. The number of carbonyl (C=O) groups excluding carboxylic acids is 1. The summed E-state index contributed by atoms with van der Waals surface area (Å²) in [6.45, 7) is 0.157. The van der Waals surface area contributed by atoms with E-state index in [9.17, 15) is 4.79 Å². The number of para-hydroxylation sites is 1. The summed E-state index contributed by atoms with van der Waals surface area (Å²) in [6, 6.07) is 9.88. The topological polar surface area (TPSA) is 78.3 Å². The number of ether oxygens (including phenoxy) is 1. The van der Waals surface area contributed by atoms with Gasteiger partial charge in [-0.2, -0.15) is 0 Å². The molecule has 0 saturated heterocycles. The standard InChI is InChI=1S/C14H12Cl2N2O2/c15-9-5-4-8(11(16)6-9)7-20-13-10(14(18)19)2-1-3-12(13)17/h1-6H,7,17H2,(H2,18,19). The van der Waals surface area contributed by atoms with E-state index in [1.807, 2.05) is 0 Å². The van der Waals surface area contributed by atoms with Gasteiger partial charge >= 0.3 is 0 Å². The van der Waals surface area contributed by atoms with Crippen LogP contribution in [-0.2, 0) is 6.61 Å². The van der Waals surface area contributed by atoms with E-state index in [-0.39, 0.29) is 17.9 Å². The molecule has 0 aliphatic heterocycles. The smallest absolute Gasteiger partial charge is 0.252 e. The molecular formula is C14H12Cl2N2O2. The van der Waals surface area contributed by atoms with Crippen LogP contribution < -0.4 is 16.2 Å². The predicted octanol–water partition coefficient (Wildman–Crippen LogP) is 3.25. The number of nitrogens with two attached hydrogens (primary N) is 2. The number of primary amides is 1. The molecule has 0 fully saturated rings. The SMILES string of the molecule is NC(=O)c1cccc(N)c1OCc1ccc(Cl)cc1Cl. The van der Waals surface area contributed by atoms with Gasteiger partial charge in [-0.3, -0.25) is 4.79 Å². The molecule has 0 unspecified atom stereocenters. The van der Waals surface area contributed by atoms with Gasteiger partial charge < -0.3 is 16.2 Å². The van der Waals surface area contributed by atoms with Crippen molar-refractivity contribution in [2.24, 2.45) is 5.73 Å². The molecule has 0 spiro atoms. The van der Waals surface area contributed by atoms with E-state index in [0.717, 1.165) is 5.56 Å². The largest absolute Gasteiger partial charge is 0.486 e. The van der Waals surface area contributed by atoms with E-state index in [2.05, 4.69) is 0 Å². The van der Waals surface area contributed by atoms with Crippen molar-refractivity contribution in [2.75, 3.05) is 5.73 Å². The fraction of sp³-hybridized carbons (Fsp3) is 0.0714. The van der Waals surface area contributed by atoms with Crippen LogP contribution in [0.5, 0.6) is 5.75 Å². The van der Waals surface area contributed by atoms with Crippen LogP contribution in [-0.4, -0.2) is 5.91 Å². The molecule has 0 heterocycles. The summed E-state index contributed by atoms with van der Waals surface area (Å²) >= 11 is 11.9. The first kappa shape index (κ1) is 14.5. The number of nitrogen functional groups attached to an aromatic ring is 1. The molecule has 0 saturated carbocycles. The molecule has 0 bridgehead atoms. The lowest BCUT2D eigenvalue weighted by atomic mass is 10.1. The van der Waals surface area contributed by atoms with E-state index >= 15 is 0 Å². The number of amides is 1. The Labute approximate surface area is 126 Å². The highest BCUT2D eigenvalue weighted by Crippen LogP contribution is 2.28. The molecule has 2 aromatic carbocycles. The van der Waals surface area contributed by atoms with Crippen molar-refractivity contribution in [3.63, 3.8) is 0 Å². The monoisotopic (exact) mass is 310 g/mol. The zero-order chi connectivity index (χ0) is 14.7. The molecule has 0 radical (unpaired) electrons. The minimum Gasteiger partial charge on any atom is -0.486 e. The van der Waals surface area contributed by atoms with Gasteiger partial charge in [-0.05, 0) is 24.3 Å². The van der Waals surface area contributed by atoms with Gasteiger partial charge in [0.15, 0.2) is 5.75 Å². The summed E-state index contributed by atoms with van der Waals surface area (Å²) in [7, 11) is 0. The van der Waals surface area contributed by atoms with E-state index in [1.54, 1.807) is 36.4 Å². The van der Waals surface area contributed by atoms with E-state index in [0.29, 0.717) is 15.7 Å². The molecular weight excluding hydrogens is 299 g/mol. The van der Waals surface area contributed by atoms with E-state index in [1.165, 1.54) is 0 Å². The molecule has 20 heavy (non-hydrogen) atoms. The fourth-order valence-electron chi connectivity index (χ4n) is 1.70. The number of hydrogen-bond acceptors (Lipinski definition) is 3. The van der Waals surface area contributed by atoms with E-state index < -0.39 is 5.91 Å². The number of rotatable bonds is 4. The third kappa shape index (κ3) is 3.15. The summed E-state index contributed by atoms with van der Waals surface area (Å²) in [5.74, 6) is -0.347. The molecule has 4 N–H and O–H groups in total. The third-order valence-corrected chi connectivity index (χ3v) is 3.29. The molecule has 6 heteroatoms. The second kappa shape index (κ2) is 6.03. The molecule has 0 aliphatic carbocycles. The first-order chi connectivity index (χ1) is 9.49. The highest BCUT2D eigenvalue weighted by Gasteiger charge is 2.13. The summed E-state index contributed by atoms with van der Waals surface area (Å²) in [5, 5.41) is 1.02. The Hall–Kier alpha value is -1.91. The van der Waals surface area contributed by atoms with Crippen LogP contribution >= 0.6 is 23.2 Å². The average Bonchev–Trinajstić information content (AvgIpc) is 2.38. The Morgan fingerprint density at radius 3 is 2.60 bits per heavy atom. The van der Waals surface area contributed by atoms with Crippen molar-refractivity contribution in [1.82, 2.24) is 0 Å². The molecule has 0 aliphatic rings. The van der Waals surface area contributed by atoms with Gasteiger partial charge in [0.25, 0.3) is 5.91 Å². The van der Waals surface area contributed by atoms with Crippen LogP contribution in [0.4, 0.5) is 5.69 Å². The molecule has 2 aromatic rings. The predicted molar refractivity (Wildman–Crippen MR) is 80.2 cm³/mol. The molecule has 2 rings (SSSR count). The maximum atomic E-state index is 11.3. The normalized spacial score (nSPS) is 10.3. The van der Waals surface area contributed by atoms with Gasteiger partial charge in [0.1, 0.15) is 6.61 Å². The first-order valence-corrected chi connectivity index (χ1v) is 6.49. The van der Waals surface area contributed by atoms with Crippen LogP contribution in [0.1, 0.15) is 15.9 Å². The Kier molecular flexibility index (Phi) is 4.37. The molecule has 1 amide bonds. The second-order valence-corrected chi connectivity index (χ2v) is 4.96. The molecule has 104 valence electrons. The van der Waals surface area contributed by atoms with Crippen molar-refractivity contribution in [3.05, 3.63) is 57.6 Å². The van der Waals surface area contributed by atoms with Crippen LogP contribution in [0.2, 0.25) is 10.0 Å². The summed E-state index contributed by atoms with van der Waals surface area (Å²) in [4.78, 5) is 11.3. The van der Waals surface area contributed by atoms with Crippen molar-refractivity contribution >= 4 is 34.8 Å². The minimum atomic E-state index is -0.602. The van der Waals surface area contributed by atoms with Gasteiger partial charge in [-0.25, -0.2) is 0 Å². The quantitative estimate of drug-likeness (QED) is 0.851. The highest BCUT2D eigenvalue weighted by molar-refractivity contribution is 6.35. The lowest BCUT2D eigenvalue weighted by Crippen LogP contribution is -2.14. The lowest BCUT2D eigenvalue weighted by Gasteiger charge is -2.13. The third-order valence-electron chi connectivity index (χ3n) is 2.70. The minimum absolute atomic E-state index is 0.157. The zero-order valence-corrected chi connectivity index (χ0v) is 11.9. The Balaban J connectivity index is 2.25. The molecule has 0 aromatic heterocycles. The van der Waals surface area contributed by atoms with Crippen LogP contribution in [0.15, 0.2) is 36.4 Å². The summed E-state index contributed by atoms with van der Waals surface area (Å²) in [6.07, 6.45) is 0. The second-order valence-electron chi connectivity index (χ2n) is 4.11. The van der Waals surface area contributed by atoms with Gasteiger partial charge in [-0.15, -0.1) is 0 Å². The molecule has 4 nitrogen and oxygen atoms in total. The van der Waals surface area contributed by atoms with Gasteiger partial charge in [0.2, 0.25) is 0 Å². The number of anilines is 1. The van der Waals surface area contributed by atoms with Crippen LogP contribution in [0.3, 0.4) is 0 Å². The maximum Gasteiger partial charge on any atom is 0.252 e. The number of carbonyl (C=O) groups is 1. The number of hydrogen-bond donors (Lipinski definition) is 2. The Morgan fingerprint density at radius 1 is 1.20 bits per heavy atom. The fourth-order valence-corrected chi connectivity index (χ4v) is 2.16. The average molecular weight is 311 g/mol. The lowest BCUT2D eigenvalue weighted by molar-refractivity contribution is 0.0996. The van der Waals surface area contributed by atoms with Gasteiger partial charge in [0.05, 0.1) is 11.3 Å². The van der Waals surface area contributed by atoms with Crippen molar-refractivity contribution in [1.29, 1.82) is 0 Å². The first-order valence-electron chi connectivity index (χ1n) is 5.74. The van der Waals surface area contributed by atoms with Crippen molar-refractivity contribution < 1.29 is 9.53 Å². The van der Waals surface area contributed by atoms with Crippen LogP contribution in [0, 0.1) is 0 Å². The van der Waals surface area contributed by atoms with Gasteiger partial charge in [0, 0.05) is 15.6 Å². The molecule has 0 atom stereocenters.